The van der Waals surface area contributed by atoms with E-state index in [1.165, 1.54) is 10.0 Å². The van der Waals surface area contributed by atoms with Crippen LogP contribution in [0, 0.1) is 39.5 Å². The minimum Gasteiger partial charge on any atom is -0.272 e. The molecule has 0 radical (unpaired) electrons. The molecule has 7 heteroatoms. The van der Waals surface area contributed by atoms with E-state index in [9.17, 15) is 9.59 Å². The Kier molecular flexibility index (Phi) is 6.70. The highest BCUT2D eigenvalue weighted by Gasteiger charge is 2.50. The van der Waals surface area contributed by atoms with Gasteiger partial charge in [0.15, 0.2) is 0 Å². The van der Waals surface area contributed by atoms with Crippen molar-refractivity contribution in [2.45, 2.75) is 47.5 Å². The number of hydrazone groups is 2. The number of aryl methyl sites for hydroxylation is 4. The minimum absolute atomic E-state index is 0.176. The molecule has 0 aromatic heterocycles. The first-order valence-electron chi connectivity index (χ1n) is 12.8. The maximum Gasteiger partial charge on any atom is 0.256 e. The smallest absolute Gasteiger partial charge is 0.256 e. The summed E-state index contributed by atoms with van der Waals surface area (Å²) in [5.41, 5.74) is 7.63. The van der Waals surface area contributed by atoms with Gasteiger partial charge in [0.1, 0.15) is 0 Å². The summed E-state index contributed by atoms with van der Waals surface area (Å²) in [6.45, 7) is 11.7. The largest absolute Gasteiger partial charge is 0.272 e. The third kappa shape index (κ3) is 4.33. The van der Waals surface area contributed by atoms with E-state index in [0.29, 0.717) is 16.4 Å². The molecule has 3 aromatic rings. The number of nitrogens with zero attached hydrogens (tertiary/aromatic N) is 4. The van der Waals surface area contributed by atoms with E-state index < -0.39 is 17.8 Å². The molecule has 6 nitrogen and oxygen atoms in total. The fourth-order valence-electron chi connectivity index (χ4n) is 5.71. The summed E-state index contributed by atoms with van der Waals surface area (Å²) in [4.78, 5) is 28.2. The van der Waals surface area contributed by atoms with Crippen LogP contribution in [0.1, 0.15) is 47.6 Å². The maximum atomic E-state index is 14.1. The van der Waals surface area contributed by atoms with Gasteiger partial charge in [-0.15, -0.1) is 0 Å². The van der Waals surface area contributed by atoms with Crippen molar-refractivity contribution < 1.29 is 9.59 Å². The summed E-state index contributed by atoms with van der Waals surface area (Å²) >= 11 is 6.73. The summed E-state index contributed by atoms with van der Waals surface area (Å²) < 4.78 is 0. The zero-order valence-electron chi connectivity index (χ0n) is 22.5. The fraction of sp³-hybridized carbons (Fsp3) is 0.290. The molecule has 0 bridgehead atoms. The van der Waals surface area contributed by atoms with Crippen molar-refractivity contribution in [3.63, 3.8) is 0 Å². The molecule has 2 amide bonds. The van der Waals surface area contributed by atoms with Gasteiger partial charge in [-0.1, -0.05) is 65.2 Å². The number of carbonyl (C=O) groups excluding carboxylic acids is 2. The van der Waals surface area contributed by atoms with Gasteiger partial charge in [0, 0.05) is 22.4 Å². The topological polar surface area (TPSA) is 65.3 Å². The SMILES string of the molecule is CC1=NN(c2ccc(C)cc2C)C(=O)[C@H]1C(c1ccccc1Cl)[C@H]1C(=O)N(c2ccc(C)cc2C)N=C1C. The van der Waals surface area contributed by atoms with Gasteiger partial charge < -0.3 is 0 Å². The molecular formula is C31H31ClN4O2. The van der Waals surface area contributed by atoms with Gasteiger partial charge in [0.05, 0.1) is 23.2 Å². The number of halogens is 1. The molecule has 38 heavy (non-hydrogen) atoms. The van der Waals surface area contributed by atoms with Gasteiger partial charge in [-0.2, -0.15) is 20.2 Å². The Morgan fingerprint density at radius 1 is 0.684 bits per heavy atom. The van der Waals surface area contributed by atoms with Crippen molar-refractivity contribution in [2.24, 2.45) is 22.0 Å². The van der Waals surface area contributed by atoms with E-state index in [1.54, 1.807) is 6.07 Å². The van der Waals surface area contributed by atoms with Crippen molar-refractivity contribution in [1.29, 1.82) is 0 Å². The minimum atomic E-state index is -0.672. The van der Waals surface area contributed by atoms with Crippen LogP contribution in [0.4, 0.5) is 11.4 Å². The Morgan fingerprint density at radius 3 is 1.55 bits per heavy atom. The highest BCUT2D eigenvalue weighted by molar-refractivity contribution is 6.31. The van der Waals surface area contributed by atoms with Crippen molar-refractivity contribution in [2.75, 3.05) is 10.0 Å². The summed E-state index contributed by atoms with van der Waals surface area (Å²) in [5, 5.41) is 12.9. The number of carbonyl (C=O) groups is 2. The molecule has 5 rings (SSSR count). The van der Waals surface area contributed by atoms with Crippen LogP contribution in [-0.4, -0.2) is 23.2 Å². The molecule has 194 valence electrons. The second kappa shape index (κ2) is 9.84. The maximum absolute atomic E-state index is 14.1. The Hall–Kier alpha value is -3.77. The van der Waals surface area contributed by atoms with Crippen molar-refractivity contribution in [1.82, 2.24) is 0 Å². The molecule has 3 atom stereocenters. The van der Waals surface area contributed by atoms with Crippen LogP contribution in [0.5, 0.6) is 0 Å². The van der Waals surface area contributed by atoms with E-state index in [4.69, 9.17) is 21.8 Å². The number of hydrogen-bond donors (Lipinski definition) is 0. The number of hydrogen-bond acceptors (Lipinski definition) is 4. The summed E-state index contributed by atoms with van der Waals surface area (Å²) in [6, 6.07) is 19.3. The summed E-state index contributed by atoms with van der Waals surface area (Å²) in [6.07, 6.45) is 0. The number of rotatable bonds is 5. The molecule has 0 saturated heterocycles. The average Bonchev–Trinajstić information content (AvgIpc) is 3.30. The first-order chi connectivity index (χ1) is 18.1. The van der Waals surface area contributed by atoms with Gasteiger partial charge in [0.25, 0.3) is 11.8 Å². The van der Waals surface area contributed by atoms with E-state index in [2.05, 4.69) is 0 Å². The van der Waals surface area contributed by atoms with Crippen molar-refractivity contribution >= 4 is 46.2 Å². The van der Waals surface area contributed by atoms with Gasteiger partial charge in [-0.25, -0.2) is 0 Å². The van der Waals surface area contributed by atoms with Crippen LogP contribution in [-0.2, 0) is 9.59 Å². The molecule has 0 saturated carbocycles. The number of benzene rings is 3. The normalized spacial score (nSPS) is 20.2. The first kappa shape index (κ1) is 25.9. The number of anilines is 2. The number of amides is 2. The van der Waals surface area contributed by atoms with E-state index in [0.717, 1.165) is 39.2 Å². The third-order valence-electron chi connectivity index (χ3n) is 7.51. The molecule has 3 aromatic carbocycles. The molecule has 0 N–H and O–H groups in total. The summed E-state index contributed by atoms with van der Waals surface area (Å²) in [7, 11) is 0. The Morgan fingerprint density at radius 2 is 1.13 bits per heavy atom. The molecule has 2 heterocycles. The Bertz CT molecular complexity index is 1430. The van der Waals surface area contributed by atoms with E-state index in [-0.39, 0.29) is 11.8 Å². The lowest BCUT2D eigenvalue weighted by molar-refractivity contribution is -0.122. The van der Waals surface area contributed by atoms with Crippen molar-refractivity contribution in [3.05, 3.63) is 93.5 Å². The van der Waals surface area contributed by atoms with Crippen LogP contribution in [0.25, 0.3) is 0 Å². The van der Waals surface area contributed by atoms with Gasteiger partial charge >= 0.3 is 0 Å². The monoisotopic (exact) mass is 526 g/mol. The van der Waals surface area contributed by atoms with Crippen LogP contribution in [0.3, 0.4) is 0 Å². The Balaban J connectivity index is 1.60. The quantitative estimate of drug-likeness (QED) is 0.369. The second-order valence-electron chi connectivity index (χ2n) is 10.4. The van der Waals surface area contributed by atoms with E-state index >= 15 is 0 Å². The molecule has 2 aliphatic rings. The average molecular weight is 527 g/mol. The highest BCUT2D eigenvalue weighted by Crippen LogP contribution is 2.45. The zero-order valence-corrected chi connectivity index (χ0v) is 23.2. The second-order valence-corrected chi connectivity index (χ2v) is 10.8. The lowest BCUT2D eigenvalue weighted by Gasteiger charge is -2.29. The van der Waals surface area contributed by atoms with Gasteiger partial charge in [-0.3, -0.25) is 9.59 Å². The van der Waals surface area contributed by atoms with Crippen LogP contribution < -0.4 is 10.0 Å². The highest BCUT2D eigenvalue weighted by atomic mass is 35.5. The van der Waals surface area contributed by atoms with Gasteiger partial charge in [0.2, 0.25) is 0 Å². The Labute approximate surface area is 228 Å². The van der Waals surface area contributed by atoms with Gasteiger partial charge in [-0.05, 0) is 76.4 Å². The molecular weight excluding hydrogens is 496 g/mol. The lowest BCUT2D eigenvalue weighted by Crippen LogP contribution is -2.40. The van der Waals surface area contributed by atoms with Crippen molar-refractivity contribution in [3.8, 4) is 0 Å². The third-order valence-corrected chi connectivity index (χ3v) is 7.85. The van der Waals surface area contributed by atoms with E-state index in [1.807, 2.05) is 96.1 Å². The first-order valence-corrected chi connectivity index (χ1v) is 13.1. The van der Waals surface area contributed by atoms with Crippen LogP contribution in [0.2, 0.25) is 5.02 Å². The fourth-order valence-corrected chi connectivity index (χ4v) is 5.98. The zero-order chi connectivity index (χ0) is 27.3. The molecule has 0 spiro atoms. The summed E-state index contributed by atoms with van der Waals surface area (Å²) in [5.74, 6) is -2.26. The molecule has 0 fully saturated rings. The predicted octanol–water partition coefficient (Wildman–Crippen LogP) is 6.74. The molecule has 2 aliphatic heterocycles. The molecule has 0 aliphatic carbocycles. The van der Waals surface area contributed by atoms with Crippen LogP contribution in [0.15, 0.2) is 70.9 Å². The van der Waals surface area contributed by atoms with Crippen LogP contribution >= 0.6 is 11.6 Å². The standard InChI is InChI=1S/C31H31ClN4O2/c1-17-11-13-25(19(3)15-17)35-30(37)27(21(5)33-35)29(23-9-7-8-10-24(23)32)28-22(6)34-36(31(28)38)26-14-12-18(2)16-20(26)4/h7-16,27-29H,1-6H3/t27-,28+,29?. The predicted molar refractivity (Wildman–Crippen MR) is 154 cm³/mol. The molecule has 1 unspecified atom stereocenters. The lowest BCUT2D eigenvalue weighted by atomic mass is 9.73.